The van der Waals surface area contributed by atoms with Crippen LogP contribution in [0, 0.1) is 0 Å². The number of carbonyl (C=O) groups excluding carboxylic acids is 1. The molecule has 0 fully saturated rings. The fourth-order valence-corrected chi connectivity index (χ4v) is 2.11. The Morgan fingerprint density at radius 1 is 1.23 bits per heavy atom. The summed E-state index contributed by atoms with van der Waals surface area (Å²) in [6.45, 7) is 4.48. The molecular formula is C17H20N2O3. The number of nitrogens with zero attached hydrogens (tertiary/aromatic N) is 2. The monoisotopic (exact) mass is 300 g/mol. The third-order valence-electron chi connectivity index (χ3n) is 3.26. The summed E-state index contributed by atoms with van der Waals surface area (Å²) in [6, 6.07) is 11.0. The van der Waals surface area contributed by atoms with Gasteiger partial charge in [-0.25, -0.2) is 9.48 Å². The van der Waals surface area contributed by atoms with Gasteiger partial charge in [-0.05, 0) is 19.4 Å². The van der Waals surface area contributed by atoms with Gasteiger partial charge in [0.1, 0.15) is 5.56 Å². The van der Waals surface area contributed by atoms with E-state index in [2.05, 4.69) is 5.10 Å². The predicted molar refractivity (Wildman–Crippen MR) is 84.8 cm³/mol. The van der Waals surface area contributed by atoms with Crippen LogP contribution in [0.5, 0.6) is 0 Å². The molecule has 0 aliphatic heterocycles. The number of hydrogen-bond donors (Lipinski definition) is 0. The molecular weight excluding hydrogens is 280 g/mol. The number of esters is 1. The van der Waals surface area contributed by atoms with E-state index in [1.54, 1.807) is 6.92 Å². The van der Waals surface area contributed by atoms with Gasteiger partial charge in [0, 0.05) is 12.1 Å². The summed E-state index contributed by atoms with van der Waals surface area (Å²) in [7, 11) is 0. The molecule has 0 aliphatic rings. The first-order valence-corrected chi connectivity index (χ1v) is 7.52. The molecule has 0 saturated heterocycles. The van der Waals surface area contributed by atoms with Gasteiger partial charge in [0.25, 0.3) is 5.56 Å². The maximum atomic E-state index is 12.4. The summed E-state index contributed by atoms with van der Waals surface area (Å²) >= 11 is 0. The second-order valence-electron chi connectivity index (χ2n) is 4.91. The summed E-state index contributed by atoms with van der Waals surface area (Å²) in [5.74, 6) is -0.600. The van der Waals surface area contributed by atoms with Crippen molar-refractivity contribution in [2.45, 2.75) is 33.2 Å². The largest absolute Gasteiger partial charge is 0.462 e. The molecule has 5 nitrogen and oxygen atoms in total. The Balaban J connectivity index is 2.53. The van der Waals surface area contributed by atoms with Crippen LogP contribution >= 0.6 is 0 Å². The first-order chi connectivity index (χ1) is 10.7. The molecule has 2 aromatic rings. The summed E-state index contributed by atoms with van der Waals surface area (Å²) in [6.07, 6.45) is 1.77. The predicted octanol–water partition coefficient (Wildman–Crippen LogP) is 2.89. The summed E-state index contributed by atoms with van der Waals surface area (Å²) in [4.78, 5) is 24.4. The second kappa shape index (κ2) is 7.54. The van der Waals surface area contributed by atoms with E-state index in [1.807, 2.05) is 37.3 Å². The molecule has 5 heteroatoms. The van der Waals surface area contributed by atoms with Crippen molar-refractivity contribution >= 4 is 5.97 Å². The standard InChI is InChI=1S/C17H20N2O3/c1-3-5-11-19-16(20)14(17(21)22-4-2)12-15(18-19)13-9-7-6-8-10-13/h6-10,12H,3-5,11H2,1-2H3. The van der Waals surface area contributed by atoms with Gasteiger partial charge >= 0.3 is 5.97 Å². The average Bonchev–Trinajstić information content (AvgIpc) is 2.55. The molecule has 0 saturated carbocycles. The van der Waals surface area contributed by atoms with Gasteiger partial charge in [0.05, 0.1) is 12.3 Å². The van der Waals surface area contributed by atoms with E-state index in [1.165, 1.54) is 10.7 Å². The van der Waals surface area contributed by atoms with Gasteiger partial charge in [-0.15, -0.1) is 0 Å². The number of rotatable bonds is 6. The minimum Gasteiger partial charge on any atom is -0.462 e. The summed E-state index contributed by atoms with van der Waals surface area (Å²) in [5, 5.41) is 4.38. The topological polar surface area (TPSA) is 61.2 Å². The Kier molecular flexibility index (Phi) is 5.47. The van der Waals surface area contributed by atoms with Crippen molar-refractivity contribution in [3.63, 3.8) is 0 Å². The molecule has 0 atom stereocenters. The quantitative estimate of drug-likeness (QED) is 0.770. The third kappa shape index (κ3) is 3.61. The van der Waals surface area contributed by atoms with Crippen molar-refractivity contribution in [2.75, 3.05) is 6.61 Å². The maximum Gasteiger partial charge on any atom is 0.343 e. The van der Waals surface area contributed by atoms with E-state index in [9.17, 15) is 9.59 Å². The van der Waals surface area contributed by atoms with Crippen LogP contribution in [-0.2, 0) is 11.3 Å². The van der Waals surface area contributed by atoms with Gasteiger partial charge in [0.2, 0.25) is 0 Å². The first kappa shape index (κ1) is 15.9. The van der Waals surface area contributed by atoms with Gasteiger partial charge in [-0.1, -0.05) is 43.7 Å². The van der Waals surface area contributed by atoms with Crippen molar-refractivity contribution in [1.29, 1.82) is 0 Å². The fourth-order valence-electron chi connectivity index (χ4n) is 2.11. The number of ether oxygens (including phenoxy) is 1. The molecule has 2 rings (SSSR count). The van der Waals surface area contributed by atoms with Gasteiger partial charge < -0.3 is 4.74 Å². The van der Waals surface area contributed by atoms with Crippen LogP contribution in [-0.4, -0.2) is 22.4 Å². The lowest BCUT2D eigenvalue weighted by molar-refractivity contribution is 0.0523. The average molecular weight is 300 g/mol. The third-order valence-corrected chi connectivity index (χ3v) is 3.26. The summed E-state index contributed by atoms with van der Waals surface area (Å²) in [5.41, 5.74) is 1.09. The molecule has 22 heavy (non-hydrogen) atoms. The van der Waals surface area contributed by atoms with Crippen LogP contribution in [0.2, 0.25) is 0 Å². The molecule has 0 aliphatic carbocycles. The van der Waals surface area contributed by atoms with Gasteiger partial charge in [-0.3, -0.25) is 4.79 Å². The minimum absolute atomic E-state index is 0.0341. The zero-order chi connectivity index (χ0) is 15.9. The lowest BCUT2D eigenvalue weighted by Crippen LogP contribution is -2.30. The molecule has 1 aromatic carbocycles. The molecule has 0 spiro atoms. The molecule has 0 N–H and O–H groups in total. The Labute approximate surface area is 129 Å². The van der Waals surface area contributed by atoms with E-state index in [-0.39, 0.29) is 12.2 Å². The van der Waals surface area contributed by atoms with Crippen molar-refractivity contribution in [2.24, 2.45) is 0 Å². The SMILES string of the molecule is CCCCn1nc(-c2ccccc2)cc(C(=O)OCC)c1=O. The zero-order valence-electron chi connectivity index (χ0n) is 12.9. The molecule has 0 radical (unpaired) electrons. The zero-order valence-corrected chi connectivity index (χ0v) is 12.9. The normalized spacial score (nSPS) is 10.5. The van der Waals surface area contributed by atoms with Crippen molar-refractivity contribution in [1.82, 2.24) is 9.78 Å². The maximum absolute atomic E-state index is 12.4. The molecule has 1 aromatic heterocycles. The second-order valence-corrected chi connectivity index (χ2v) is 4.91. The lowest BCUT2D eigenvalue weighted by atomic mass is 10.1. The van der Waals surface area contributed by atoms with Crippen LogP contribution in [0.15, 0.2) is 41.2 Å². The van der Waals surface area contributed by atoms with Gasteiger partial charge in [0.15, 0.2) is 0 Å². The number of aryl methyl sites for hydroxylation is 1. The first-order valence-electron chi connectivity index (χ1n) is 7.52. The molecule has 116 valence electrons. The minimum atomic E-state index is -0.600. The van der Waals surface area contributed by atoms with E-state index in [4.69, 9.17) is 4.74 Å². The number of hydrogen-bond acceptors (Lipinski definition) is 4. The van der Waals surface area contributed by atoms with E-state index >= 15 is 0 Å². The van der Waals surface area contributed by atoms with Crippen LogP contribution in [0.4, 0.5) is 0 Å². The van der Waals surface area contributed by atoms with Crippen LogP contribution in [0.25, 0.3) is 11.3 Å². The molecule has 0 unspecified atom stereocenters. The molecule has 0 amide bonds. The lowest BCUT2D eigenvalue weighted by Gasteiger charge is -2.10. The number of benzene rings is 1. The van der Waals surface area contributed by atoms with Crippen LogP contribution in [0.1, 0.15) is 37.0 Å². The van der Waals surface area contributed by atoms with Gasteiger partial charge in [-0.2, -0.15) is 5.10 Å². The Hall–Kier alpha value is -2.43. The Bertz CT molecular complexity index is 693. The highest BCUT2D eigenvalue weighted by Gasteiger charge is 2.17. The Morgan fingerprint density at radius 2 is 1.95 bits per heavy atom. The Morgan fingerprint density at radius 3 is 2.59 bits per heavy atom. The number of carbonyl (C=O) groups is 1. The van der Waals surface area contributed by atoms with Crippen molar-refractivity contribution in [3.05, 3.63) is 52.3 Å². The highest BCUT2D eigenvalue weighted by Crippen LogP contribution is 2.16. The van der Waals surface area contributed by atoms with Crippen LogP contribution < -0.4 is 5.56 Å². The fraction of sp³-hybridized carbons (Fsp3) is 0.353. The molecule has 1 heterocycles. The number of aromatic nitrogens is 2. The van der Waals surface area contributed by atoms with E-state index in [0.29, 0.717) is 12.2 Å². The van der Waals surface area contributed by atoms with E-state index < -0.39 is 11.5 Å². The summed E-state index contributed by atoms with van der Waals surface area (Å²) < 4.78 is 6.34. The van der Waals surface area contributed by atoms with Crippen LogP contribution in [0.3, 0.4) is 0 Å². The highest BCUT2D eigenvalue weighted by atomic mass is 16.5. The highest BCUT2D eigenvalue weighted by molar-refractivity contribution is 5.90. The number of unbranched alkanes of at least 4 members (excludes halogenated alkanes) is 1. The van der Waals surface area contributed by atoms with E-state index in [0.717, 1.165) is 18.4 Å². The van der Waals surface area contributed by atoms with Crippen molar-refractivity contribution < 1.29 is 9.53 Å². The van der Waals surface area contributed by atoms with Crippen molar-refractivity contribution in [3.8, 4) is 11.3 Å². The smallest absolute Gasteiger partial charge is 0.343 e. The molecule has 0 bridgehead atoms.